The van der Waals surface area contributed by atoms with Crippen LogP contribution in [0.25, 0.3) is 0 Å². The maximum absolute atomic E-state index is 12.8. The summed E-state index contributed by atoms with van der Waals surface area (Å²) in [6, 6.07) is 3.41. The fraction of sp³-hybridized carbons (Fsp3) is 0.400. The second-order valence-corrected chi connectivity index (χ2v) is 3.48. The van der Waals surface area contributed by atoms with Crippen LogP contribution in [-0.2, 0) is 5.92 Å². The Hall–Kier alpha value is -1.17. The summed E-state index contributed by atoms with van der Waals surface area (Å²) < 4.78 is 61.7. The predicted molar refractivity (Wildman–Crippen MR) is 49.0 cm³/mol. The molecule has 1 nitrogen and oxygen atoms in total. The largest absolute Gasteiger partial charge is 0.458 e. The minimum atomic E-state index is -5.58. The van der Waals surface area contributed by atoms with Crippen LogP contribution in [0.4, 0.5) is 22.0 Å². The maximum Gasteiger partial charge on any atom is 0.458 e. The van der Waals surface area contributed by atoms with Crippen LogP contribution in [0.2, 0.25) is 0 Å². The zero-order chi connectivity index (χ0) is 12.6. The zero-order valence-electron chi connectivity index (χ0n) is 8.35. The van der Waals surface area contributed by atoms with Crippen LogP contribution in [-0.4, -0.2) is 6.18 Å². The molecule has 0 bridgehead atoms. The molecule has 0 aromatic heterocycles. The lowest BCUT2D eigenvalue weighted by Crippen LogP contribution is -2.33. The maximum atomic E-state index is 12.8. The molecule has 1 aromatic carbocycles. The monoisotopic (exact) mass is 239 g/mol. The molecule has 0 amide bonds. The molecule has 90 valence electrons. The van der Waals surface area contributed by atoms with Gasteiger partial charge in [0.1, 0.15) is 0 Å². The predicted octanol–water partition coefficient (Wildman–Crippen LogP) is 3.36. The van der Waals surface area contributed by atoms with E-state index in [-0.39, 0.29) is 0 Å². The molecule has 0 saturated carbocycles. The number of halogens is 5. The van der Waals surface area contributed by atoms with Crippen molar-refractivity contribution >= 4 is 0 Å². The first-order chi connectivity index (χ1) is 7.16. The first-order valence-electron chi connectivity index (χ1n) is 4.47. The molecule has 0 saturated heterocycles. The normalized spacial score (nSPS) is 14.9. The topological polar surface area (TPSA) is 26.0 Å². The molecule has 0 spiro atoms. The summed E-state index contributed by atoms with van der Waals surface area (Å²) >= 11 is 0. The van der Waals surface area contributed by atoms with Gasteiger partial charge < -0.3 is 5.73 Å². The highest BCUT2D eigenvalue weighted by Crippen LogP contribution is 2.43. The number of hydrogen-bond donors (Lipinski definition) is 1. The van der Waals surface area contributed by atoms with E-state index >= 15 is 0 Å². The number of nitrogens with two attached hydrogens (primary N) is 1. The van der Waals surface area contributed by atoms with Gasteiger partial charge in [0.2, 0.25) is 0 Å². The van der Waals surface area contributed by atoms with Crippen LogP contribution in [0.15, 0.2) is 24.3 Å². The highest BCUT2D eigenvalue weighted by atomic mass is 19.4. The molecular formula is C10H10F5N. The molecule has 0 heterocycles. The molecule has 6 heteroatoms. The fourth-order valence-electron chi connectivity index (χ4n) is 1.16. The van der Waals surface area contributed by atoms with E-state index in [1.165, 1.54) is 12.1 Å². The number of hydrogen-bond acceptors (Lipinski definition) is 1. The van der Waals surface area contributed by atoms with Crippen LogP contribution in [0.1, 0.15) is 24.1 Å². The number of rotatable bonds is 2. The first-order valence-corrected chi connectivity index (χ1v) is 4.47. The Morgan fingerprint density at radius 3 is 1.75 bits per heavy atom. The third-order valence-electron chi connectivity index (χ3n) is 2.16. The van der Waals surface area contributed by atoms with Crippen molar-refractivity contribution < 1.29 is 22.0 Å². The number of benzene rings is 1. The molecule has 16 heavy (non-hydrogen) atoms. The van der Waals surface area contributed by atoms with E-state index in [4.69, 9.17) is 5.73 Å². The van der Waals surface area contributed by atoms with Gasteiger partial charge >= 0.3 is 12.1 Å². The van der Waals surface area contributed by atoms with Crippen LogP contribution in [0.3, 0.4) is 0 Å². The van der Waals surface area contributed by atoms with Crippen molar-refractivity contribution in [3.8, 4) is 0 Å². The van der Waals surface area contributed by atoms with Crippen molar-refractivity contribution in [1.29, 1.82) is 0 Å². The van der Waals surface area contributed by atoms with E-state index in [1.807, 2.05) is 0 Å². The van der Waals surface area contributed by atoms with Crippen molar-refractivity contribution in [2.45, 2.75) is 25.1 Å². The molecule has 0 aliphatic carbocycles. The van der Waals surface area contributed by atoms with E-state index < -0.39 is 23.7 Å². The summed E-state index contributed by atoms with van der Waals surface area (Å²) in [5.74, 6) is -4.83. The van der Waals surface area contributed by atoms with Gasteiger partial charge in [0.05, 0.1) is 0 Å². The highest BCUT2D eigenvalue weighted by molar-refractivity contribution is 5.28. The van der Waals surface area contributed by atoms with E-state index in [1.54, 1.807) is 6.92 Å². The summed E-state index contributed by atoms with van der Waals surface area (Å²) in [5.41, 5.74) is 4.87. The van der Waals surface area contributed by atoms with E-state index in [2.05, 4.69) is 0 Å². The number of alkyl halides is 5. The Labute approximate surface area is 89.1 Å². The van der Waals surface area contributed by atoms with Crippen LogP contribution in [0, 0.1) is 0 Å². The van der Waals surface area contributed by atoms with Gasteiger partial charge in [-0.05, 0) is 12.5 Å². The Bertz CT molecular complexity index is 352. The van der Waals surface area contributed by atoms with Gasteiger partial charge in [-0.25, -0.2) is 0 Å². The lowest BCUT2D eigenvalue weighted by atomic mass is 10.0. The van der Waals surface area contributed by atoms with Crippen molar-refractivity contribution in [1.82, 2.24) is 0 Å². The fourth-order valence-corrected chi connectivity index (χ4v) is 1.16. The van der Waals surface area contributed by atoms with Crippen LogP contribution < -0.4 is 5.73 Å². The smallest absolute Gasteiger partial charge is 0.324 e. The molecule has 0 fully saturated rings. The molecule has 0 aliphatic rings. The third-order valence-corrected chi connectivity index (χ3v) is 2.16. The summed E-state index contributed by atoms with van der Waals surface area (Å²) in [5, 5.41) is 0. The molecule has 1 atom stereocenters. The molecule has 2 N–H and O–H groups in total. The molecule has 0 aliphatic heterocycles. The van der Waals surface area contributed by atoms with E-state index in [0.717, 1.165) is 12.1 Å². The van der Waals surface area contributed by atoms with Gasteiger partial charge in [-0.15, -0.1) is 0 Å². The molecule has 0 radical (unpaired) electrons. The van der Waals surface area contributed by atoms with E-state index in [0.29, 0.717) is 5.56 Å². The second-order valence-electron chi connectivity index (χ2n) is 3.48. The molecular weight excluding hydrogens is 229 g/mol. The highest BCUT2D eigenvalue weighted by Gasteiger charge is 2.58. The van der Waals surface area contributed by atoms with Gasteiger partial charge in [-0.3, -0.25) is 0 Å². The average molecular weight is 239 g/mol. The summed E-state index contributed by atoms with van der Waals surface area (Å²) in [6.45, 7) is 1.61. The quantitative estimate of drug-likeness (QED) is 0.787. The Kier molecular flexibility index (Phi) is 3.23. The minimum Gasteiger partial charge on any atom is -0.324 e. The van der Waals surface area contributed by atoms with Crippen LogP contribution in [0.5, 0.6) is 0 Å². The summed E-state index contributed by atoms with van der Waals surface area (Å²) in [4.78, 5) is 0. The van der Waals surface area contributed by atoms with Gasteiger partial charge in [-0.1, -0.05) is 24.3 Å². The van der Waals surface area contributed by atoms with Gasteiger partial charge in [0.25, 0.3) is 0 Å². The summed E-state index contributed by atoms with van der Waals surface area (Å²) in [6.07, 6.45) is -5.58. The molecule has 0 unspecified atom stereocenters. The third kappa shape index (κ3) is 2.32. The van der Waals surface area contributed by atoms with Crippen LogP contribution >= 0.6 is 0 Å². The van der Waals surface area contributed by atoms with Crippen molar-refractivity contribution in [2.75, 3.05) is 0 Å². The zero-order valence-corrected chi connectivity index (χ0v) is 8.35. The Morgan fingerprint density at radius 1 is 1.00 bits per heavy atom. The first kappa shape index (κ1) is 12.9. The second kappa shape index (κ2) is 4.01. The van der Waals surface area contributed by atoms with Crippen molar-refractivity contribution in [2.24, 2.45) is 5.73 Å². The van der Waals surface area contributed by atoms with Crippen molar-refractivity contribution in [3.05, 3.63) is 35.4 Å². The van der Waals surface area contributed by atoms with Gasteiger partial charge in [0, 0.05) is 11.6 Å². The van der Waals surface area contributed by atoms with E-state index in [9.17, 15) is 22.0 Å². The minimum absolute atomic E-state index is 0.409. The summed E-state index contributed by atoms with van der Waals surface area (Å²) in [7, 11) is 0. The van der Waals surface area contributed by atoms with Gasteiger partial charge in [-0.2, -0.15) is 22.0 Å². The molecule has 1 aromatic rings. The lowest BCUT2D eigenvalue weighted by molar-refractivity contribution is -0.289. The SMILES string of the molecule is C[C@@H](N)c1ccc(C(F)(F)C(F)(F)F)cc1. The lowest BCUT2D eigenvalue weighted by Gasteiger charge is -2.20. The molecule has 1 rings (SSSR count). The van der Waals surface area contributed by atoms with Gasteiger partial charge in [0.15, 0.2) is 0 Å². The Balaban J connectivity index is 3.07. The average Bonchev–Trinajstić information content (AvgIpc) is 2.16. The van der Waals surface area contributed by atoms with Crippen molar-refractivity contribution in [3.63, 3.8) is 0 Å². The standard InChI is InChI=1S/C10H10F5N/c1-6(16)7-2-4-8(5-3-7)9(11,12)10(13,14)15/h2-6H,16H2,1H3/t6-/m1/s1. The Morgan fingerprint density at radius 2 is 1.44 bits per heavy atom.